The van der Waals surface area contributed by atoms with Crippen LogP contribution >= 0.6 is 15.9 Å². The summed E-state index contributed by atoms with van der Waals surface area (Å²) in [6.45, 7) is 2.59. The minimum Gasteiger partial charge on any atom is -0.508 e. The Hall–Kier alpha value is -0.750. The predicted molar refractivity (Wildman–Crippen MR) is 67.4 cm³/mol. The van der Waals surface area contributed by atoms with Crippen molar-refractivity contribution in [1.82, 2.24) is 4.90 Å². The maximum Gasteiger partial charge on any atom is 0.401 e. The van der Waals surface area contributed by atoms with Crippen LogP contribution in [0.1, 0.15) is 19.4 Å². The summed E-state index contributed by atoms with van der Waals surface area (Å²) in [7, 11) is 0. The van der Waals surface area contributed by atoms with Gasteiger partial charge >= 0.3 is 6.18 Å². The summed E-state index contributed by atoms with van der Waals surface area (Å²) in [6, 6.07) is 4.34. The van der Waals surface area contributed by atoms with Gasteiger partial charge in [-0.05, 0) is 37.6 Å². The first-order valence-corrected chi connectivity index (χ1v) is 6.26. The van der Waals surface area contributed by atoms with E-state index in [1.807, 2.05) is 0 Å². The number of hydrogen-bond acceptors (Lipinski definition) is 2. The average molecular weight is 326 g/mol. The van der Waals surface area contributed by atoms with E-state index in [4.69, 9.17) is 0 Å². The molecule has 0 amide bonds. The highest BCUT2D eigenvalue weighted by atomic mass is 79.9. The van der Waals surface area contributed by atoms with E-state index in [1.165, 1.54) is 17.0 Å². The van der Waals surface area contributed by atoms with E-state index in [0.717, 1.165) is 0 Å². The predicted octanol–water partition coefficient (Wildman–Crippen LogP) is 3.93. The average Bonchev–Trinajstić information content (AvgIpc) is 2.20. The van der Waals surface area contributed by atoms with E-state index in [0.29, 0.717) is 10.0 Å². The van der Waals surface area contributed by atoms with Crippen LogP contribution in [0.2, 0.25) is 0 Å². The number of aromatic hydroxyl groups is 1. The molecule has 1 N–H and O–H groups in total. The lowest BCUT2D eigenvalue weighted by molar-refractivity contribution is -0.150. The van der Waals surface area contributed by atoms with Gasteiger partial charge < -0.3 is 5.11 Å². The third kappa shape index (κ3) is 4.86. The number of phenolic OH excluding ortho intramolecular Hbond substituents is 1. The monoisotopic (exact) mass is 325 g/mol. The molecule has 0 aromatic heterocycles. The van der Waals surface area contributed by atoms with E-state index in [2.05, 4.69) is 15.9 Å². The van der Waals surface area contributed by atoms with Gasteiger partial charge in [-0.1, -0.05) is 15.9 Å². The molecule has 0 aliphatic rings. The highest BCUT2D eigenvalue weighted by Gasteiger charge is 2.31. The molecular formula is C12H15BrF3NO. The highest BCUT2D eigenvalue weighted by Crippen LogP contribution is 2.25. The van der Waals surface area contributed by atoms with Crippen LogP contribution in [-0.4, -0.2) is 28.8 Å². The van der Waals surface area contributed by atoms with Crippen molar-refractivity contribution in [3.05, 3.63) is 28.2 Å². The van der Waals surface area contributed by atoms with E-state index < -0.39 is 12.7 Å². The molecule has 1 aromatic carbocycles. The van der Waals surface area contributed by atoms with Crippen LogP contribution < -0.4 is 0 Å². The van der Waals surface area contributed by atoms with Crippen molar-refractivity contribution >= 4 is 15.9 Å². The molecule has 6 heteroatoms. The van der Waals surface area contributed by atoms with Crippen molar-refractivity contribution in [1.29, 1.82) is 0 Å². The summed E-state index contributed by atoms with van der Waals surface area (Å²) in [6.07, 6.45) is -4.23. The summed E-state index contributed by atoms with van der Waals surface area (Å²) >= 11 is 3.27. The first-order valence-electron chi connectivity index (χ1n) is 5.47. The Kier molecular flexibility index (Phi) is 5.04. The number of alkyl halides is 3. The van der Waals surface area contributed by atoms with Crippen LogP contribution in [0.15, 0.2) is 22.7 Å². The minimum atomic E-state index is -4.23. The van der Waals surface area contributed by atoms with Crippen molar-refractivity contribution in [2.75, 3.05) is 6.54 Å². The van der Waals surface area contributed by atoms with Crippen LogP contribution in [0.3, 0.4) is 0 Å². The van der Waals surface area contributed by atoms with Crippen LogP contribution in [-0.2, 0) is 6.54 Å². The molecule has 0 unspecified atom stereocenters. The molecule has 2 nitrogen and oxygen atoms in total. The van der Waals surface area contributed by atoms with Gasteiger partial charge in [0.15, 0.2) is 0 Å². The number of phenols is 1. The molecule has 0 spiro atoms. The minimum absolute atomic E-state index is 0.0453. The molecule has 102 valence electrons. The molecule has 1 aromatic rings. The molecule has 0 atom stereocenters. The van der Waals surface area contributed by atoms with Crippen LogP contribution in [0, 0.1) is 0 Å². The second-order valence-corrected chi connectivity index (χ2v) is 5.24. The Balaban J connectivity index is 2.86. The molecule has 0 radical (unpaired) electrons. The molecule has 0 aliphatic heterocycles. The van der Waals surface area contributed by atoms with Gasteiger partial charge in [-0.15, -0.1) is 0 Å². The number of rotatable bonds is 4. The van der Waals surface area contributed by atoms with Crippen molar-refractivity contribution in [3.63, 3.8) is 0 Å². The molecule has 0 fully saturated rings. The van der Waals surface area contributed by atoms with Gasteiger partial charge in [0.05, 0.1) is 6.54 Å². The second kappa shape index (κ2) is 5.93. The molecule has 0 saturated heterocycles. The largest absolute Gasteiger partial charge is 0.508 e. The van der Waals surface area contributed by atoms with Gasteiger partial charge in [0.1, 0.15) is 5.75 Å². The van der Waals surface area contributed by atoms with Gasteiger partial charge in [-0.2, -0.15) is 13.2 Å². The van der Waals surface area contributed by atoms with Gasteiger partial charge in [0.25, 0.3) is 0 Å². The number of halogens is 4. The maximum absolute atomic E-state index is 12.4. The number of benzene rings is 1. The fraction of sp³-hybridized carbons (Fsp3) is 0.500. The van der Waals surface area contributed by atoms with E-state index in [9.17, 15) is 18.3 Å². The Bertz CT molecular complexity index is 407. The lowest BCUT2D eigenvalue weighted by atomic mass is 10.1. The van der Waals surface area contributed by atoms with E-state index in [1.54, 1.807) is 19.9 Å². The normalized spacial score (nSPS) is 12.4. The third-order valence-corrected chi connectivity index (χ3v) is 3.29. The van der Waals surface area contributed by atoms with Gasteiger partial charge in [-0.3, -0.25) is 4.90 Å². The first kappa shape index (κ1) is 15.3. The molecule has 0 saturated carbocycles. The van der Waals surface area contributed by atoms with Crippen LogP contribution in [0.4, 0.5) is 13.2 Å². The fourth-order valence-corrected chi connectivity index (χ4v) is 1.92. The molecular weight excluding hydrogens is 311 g/mol. The topological polar surface area (TPSA) is 23.5 Å². The number of nitrogens with zero attached hydrogens (tertiary/aromatic N) is 1. The Labute approximate surface area is 113 Å². The van der Waals surface area contributed by atoms with Gasteiger partial charge in [0, 0.05) is 17.1 Å². The Morgan fingerprint density at radius 3 is 2.44 bits per heavy atom. The maximum atomic E-state index is 12.4. The molecule has 18 heavy (non-hydrogen) atoms. The fourth-order valence-electron chi connectivity index (χ4n) is 1.55. The molecule has 0 aliphatic carbocycles. The lowest BCUT2D eigenvalue weighted by Gasteiger charge is -2.27. The van der Waals surface area contributed by atoms with Crippen LogP contribution in [0.5, 0.6) is 5.75 Å². The second-order valence-electron chi connectivity index (χ2n) is 4.39. The summed E-state index contributed by atoms with van der Waals surface area (Å²) in [4.78, 5) is 1.31. The third-order valence-electron chi connectivity index (χ3n) is 2.52. The van der Waals surface area contributed by atoms with E-state index >= 15 is 0 Å². The summed E-state index contributed by atoms with van der Waals surface area (Å²) < 4.78 is 38.0. The lowest BCUT2D eigenvalue weighted by Crippen LogP contribution is -2.38. The van der Waals surface area contributed by atoms with Crippen molar-refractivity contribution in [2.24, 2.45) is 0 Å². The standard InChI is InChI=1S/C12H15BrF3NO/c1-8(2)17(7-12(14,15)16)6-9-5-10(18)3-4-11(9)13/h3-5,8,18H,6-7H2,1-2H3. The smallest absolute Gasteiger partial charge is 0.401 e. The summed E-state index contributed by atoms with van der Waals surface area (Å²) in [5.74, 6) is 0.0453. The van der Waals surface area contributed by atoms with Crippen molar-refractivity contribution < 1.29 is 18.3 Å². The van der Waals surface area contributed by atoms with Gasteiger partial charge in [-0.25, -0.2) is 0 Å². The van der Waals surface area contributed by atoms with Gasteiger partial charge in [0.2, 0.25) is 0 Å². The van der Waals surface area contributed by atoms with Crippen molar-refractivity contribution in [3.8, 4) is 5.75 Å². The summed E-state index contributed by atoms with van der Waals surface area (Å²) in [5, 5.41) is 9.36. The quantitative estimate of drug-likeness (QED) is 0.906. The van der Waals surface area contributed by atoms with E-state index in [-0.39, 0.29) is 18.3 Å². The number of hydrogen-bond donors (Lipinski definition) is 1. The van der Waals surface area contributed by atoms with Crippen molar-refractivity contribution in [2.45, 2.75) is 32.6 Å². The Morgan fingerprint density at radius 1 is 1.33 bits per heavy atom. The highest BCUT2D eigenvalue weighted by molar-refractivity contribution is 9.10. The molecule has 0 heterocycles. The van der Waals surface area contributed by atoms with Crippen LogP contribution in [0.25, 0.3) is 0 Å². The molecule has 1 rings (SSSR count). The zero-order valence-corrected chi connectivity index (χ0v) is 11.7. The first-order chi connectivity index (χ1) is 8.19. The molecule has 0 bridgehead atoms. The Morgan fingerprint density at radius 2 is 1.94 bits per heavy atom. The SMILES string of the molecule is CC(C)N(Cc1cc(O)ccc1Br)CC(F)(F)F. The summed E-state index contributed by atoms with van der Waals surface area (Å²) in [5.41, 5.74) is 0.632. The zero-order chi connectivity index (χ0) is 13.9. The zero-order valence-electron chi connectivity index (χ0n) is 10.1.